The van der Waals surface area contributed by atoms with E-state index in [2.05, 4.69) is 82.1 Å². The van der Waals surface area contributed by atoms with E-state index in [1.54, 1.807) is 32.3 Å². The number of carbonyl (C=O) groups excluding carboxylic acids is 3. The first-order valence-electron chi connectivity index (χ1n) is 16.3. The third-order valence-electron chi connectivity index (χ3n) is 8.44. The summed E-state index contributed by atoms with van der Waals surface area (Å²) >= 11 is 0. The van der Waals surface area contributed by atoms with Crippen molar-refractivity contribution in [2.75, 3.05) is 24.1 Å². The molecule has 2 aromatic heterocycles. The van der Waals surface area contributed by atoms with Gasteiger partial charge in [-0.25, -0.2) is 34.3 Å². The van der Waals surface area contributed by atoms with Crippen molar-refractivity contribution >= 4 is 30.1 Å². The number of aromatic amines is 2. The van der Waals surface area contributed by atoms with E-state index in [9.17, 15) is 24.0 Å². The van der Waals surface area contributed by atoms with E-state index in [0.29, 0.717) is 30.9 Å². The second kappa shape index (κ2) is 17.5. The van der Waals surface area contributed by atoms with Crippen LogP contribution in [-0.4, -0.2) is 63.4 Å². The molecule has 2 aliphatic rings. The van der Waals surface area contributed by atoms with Gasteiger partial charge in [0.25, 0.3) is 17.4 Å². The number of hydrogen-bond donors (Lipinski definition) is 5. The lowest BCUT2D eigenvalue weighted by Crippen LogP contribution is -2.49. The van der Waals surface area contributed by atoms with Gasteiger partial charge in [0.1, 0.15) is 6.10 Å². The van der Waals surface area contributed by atoms with Crippen molar-refractivity contribution in [3.8, 4) is 6.26 Å². The Labute approximate surface area is 291 Å². The Morgan fingerprint density at radius 1 is 0.900 bits per heavy atom. The molecule has 6 N–H and O–H groups in total. The van der Waals surface area contributed by atoms with Gasteiger partial charge in [-0.2, -0.15) is 5.26 Å². The summed E-state index contributed by atoms with van der Waals surface area (Å²) in [6, 6.07) is 2.26. The number of aliphatic imine (C=N–C) groups is 2. The molecule has 0 aromatic carbocycles. The third-order valence-corrected chi connectivity index (χ3v) is 8.44. The summed E-state index contributed by atoms with van der Waals surface area (Å²) in [6.45, 7) is 17.0. The van der Waals surface area contributed by atoms with Gasteiger partial charge in [0.05, 0.1) is 13.1 Å². The minimum atomic E-state index is -0.419. The van der Waals surface area contributed by atoms with Crippen LogP contribution in [0.2, 0.25) is 0 Å². The van der Waals surface area contributed by atoms with Crippen molar-refractivity contribution < 1.29 is 19.1 Å². The molecule has 16 heteroatoms. The fourth-order valence-corrected chi connectivity index (χ4v) is 7.69. The number of nitrogens with two attached hydrogens (primary N) is 1. The molecule has 0 bridgehead atoms. The van der Waals surface area contributed by atoms with Crippen molar-refractivity contribution in [3.05, 3.63) is 44.2 Å². The van der Waals surface area contributed by atoms with Crippen LogP contribution in [0.15, 0.2) is 31.7 Å². The van der Waals surface area contributed by atoms with Gasteiger partial charge < -0.3 is 15.8 Å². The molecule has 50 heavy (non-hydrogen) atoms. The van der Waals surface area contributed by atoms with Gasteiger partial charge in [-0.3, -0.25) is 24.9 Å². The van der Waals surface area contributed by atoms with Gasteiger partial charge in [0.2, 0.25) is 24.1 Å². The topological polar surface area (TPSA) is 251 Å². The molecule has 4 rings (SSSR count). The van der Waals surface area contributed by atoms with E-state index in [1.807, 2.05) is 0 Å². The molecule has 2 aromatic rings. The first kappa shape index (κ1) is 41.1. The van der Waals surface area contributed by atoms with Crippen LogP contribution >= 0.6 is 0 Å². The number of nitriles is 1. The SMILES string of the molecule is CC1(C)CC(OC#N)CC(C)(CN=C=O)C1.Cc1cc(=O)[nH]c(N)n1.Cc1cc(=O)[nH]c(NC(=O)NC2CC(C)(C)CC(C)(CN=C=O)C2)n1. The van der Waals surface area contributed by atoms with Gasteiger partial charge in [-0.15, -0.1) is 0 Å². The van der Waals surface area contributed by atoms with Crippen molar-refractivity contribution in [2.24, 2.45) is 31.6 Å². The Balaban J connectivity index is 0.000000294. The van der Waals surface area contributed by atoms with Gasteiger partial charge in [-0.05, 0) is 74.0 Å². The zero-order chi connectivity index (χ0) is 37.8. The van der Waals surface area contributed by atoms with E-state index in [4.69, 9.17) is 15.7 Å². The molecular weight excluding hydrogens is 644 g/mol. The van der Waals surface area contributed by atoms with Crippen LogP contribution in [0, 0.1) is 47.0 Å². The van der Waals surface area contributed by atoms with Crippen LogP contribution in [0.3, 0.4) is 0 Å². The molecule has 2 heterocycles. The quantitative estimate of drug-likeness (QED) is 0.157. The molecule has 2 aliphatic carbocycles. The molecule has 2 fully saturated rings. The number of nitrogens with one attached hydrogen (secondary N) is 4. The molecule has 0 aliphatic heterocycles. The molecular formula is C34H50N10O6. The number of hydrogen-bond acceptors (Lipinski definition) is 12. The van der Waals surface area contributed by atoms with Crippen LogP contribution in [0.1, 0.15) is 91.5 Å². The standard InChI is InChI=1S/C17H25N5O3.C12H18N2O2.C5H7N3O/c1-11-5-13(24)21-14(19-11)22-15(25)20-12-6-16(2,3)8-17(4,7-12)9-18-10-23;1-11(2)4-10(16-8-13)5-12(3,6-11)7-14-9-15;1-3-2-4(9)8-5(6)7-3/h5,12H,6-9H2,1-4H3,(H3,19,20,21,22,24,25);10H,4-7H2,1-3H3;2H,1H3,(H3,6,7,8,9). The number of ether oxygens (including phenoxy) is 1. The number of carbonyl (C=O) groups is 1. The molecule has 0 radical (unpaired) electrons. The largest absolute Gasteiger partial charge is 0.424 e. The summed E-state index contributed by atoms with van der Waals surface area (Å²) < 4.78 is 5.06. The summed E-state index contributed by atoms with van der Waals surface area (Å²) in [5.41, 5.74) is 5.72. The normalized spacial score (nSPS) is 24.5. The lowest BCUT2D eigenvalue weighted by molar-refractivity contribution is -0.00681. The highest BCUT2D eigenvalue weighted by Crippen LogP contribution is 2.47. The fraction of sp³-hybridized carbons (Fsp3) is 0.647. The van der Waals surface area contributed by atoms with E-state index in [-0.39, 0.29) is 56.8 Å². The molecule has 4 unspecified atom stereocenters. The monoisotopic (exact) mass is 694 g/mol. The Bertz CT molecular complexity index is 1710. The number of isocyanates is 2. The first-order chi connectivity index (χ1) is 23.2. The smallest absolute Gasteiger partial charge is 0.321 e. The van der Waals surface area contributed by atoms with E-state index < -0.39 is 6.03 Å². The predicted octanol–water partition coefficient (Wildman–Crippen LogP) is 4.19. The number of amides is 2. The molecule has 2 saturated carbocycles. The second-order valence-corrected chi connectivity index (χ2v) is 15.6. The highest BCUT2D eigenvalue weighted by molar-refractivity contribution is 5.87. The van der Waals surface area contributed by atoms with E-state index in [0.717, 1.165) is 32.1 Å². The summed E-state index contributed by atoms with van der Waals surface area (Å²) in [7, 11) is 0. The Morgan fingerprint density at radius 3 is 1.92 bits per heavy atom. The number of aryl methyl sites for hydroxylation is 2. The molecule has 0 spiro atoms. The molecule has 0 saturated heterocycles. The number of nitrogen functional groups attached to an aromatic ring is 1. The molecule has 4 atom stereocenters. The average molecular weight is 695 g/mol. The van der Waals surface area contributed by atoms with Gasteiger partial charge in [-0.1, -0.05) is 41.5 Å². The second-order valence-electron chi connectivity index (χ2n) is 15.6. The predicted molar refractivity (Wildman–Crippen MR) is 187 cm³/mol. The Hall–Kier alpha value is -5.12. The van der Waals surface area contributed by atoms with E-state index in [1.165, 1.54) is 12.1 Å². The third kappa shape index (κ3) is 14.6. The van der Waals surface area contributed by atoms with Crippen LogP contribution in [0.5, 0.6) is 0 Å². The highest BCUT2D eigenvalue weighted by atomic mass is 16.5. The van der Waals surface area contributed by atoms with E-state index >= 15 is 0 Å². The summed E-state index contributed by atoms with van der Waals surface area (Å²) in [4.78, 5) is 75.0. The minimum absolute atomic E-state index is 0.0131. The molecule has 272 valence electrons. The Morgan fingerprint density at radius 2 is 1.42 bits per heavy atom. The number of H-pyrrole nitrogens is 2. The number of nitrogens with zero attached hydrogens (tertiary/aromatic N) is 5. The van der Waals surface area contributed by atoms with Gasteiger partial charge in [0, 0.05) is 29.6 Å². The van der Waals surface area contributed by atoms with Gasteiger partial charge in [0.15, 0.2) is 0 Å². The lowest BCUT2D eigenvalue weighted by atomic mass is 9.62. The van der Waals surface area contributed by atoms with Gasteiger partial charge >= 0.3 is 6.03 Å². The zero-order valence-electron chi connectivity index (χ0n) is 30.2. The maximum absolute atomic E-state index is 12.3. The van der Waals surface area contributed by atoms with Crippen LogP contribution in [-0.2, 0) is 14.3 Å². The molecule has 16 nitrogen and oxygen atoms in total. The number of rotatable bonds is 7. The van der Waals surface area contributed by atoms with Crippen molar-refractivity contribution in [3.63, 3.8) is 0 Å². The number of aromatic nitrogens is 4. The Kier molecular flexibility index (Phi) is 14.4. The summed E-state index contributed by atoms with van der Waals surface area (Å²) in [6.07, 6.45) is 9.97. The van der Waals surface area contributed by atoms with Crippen molar-refractivity contribution in [1.82, 2.24) is 25.3 Å². The van der Waals surface area contributed by atoms with Crippen molar-refractivity contribution in [1.29, 1.82) is 5.26 Å². The minimum Gasteiger partial charge on any atom is -0.424 e. The fourth-order valence-electron chi connectivity index (χ4n) is 7.69. The summed E-state index contributed by atoms with van der Waals surface area (Å²) in [5.74, 6) is 0.283. The lowest BCUT2D eigenvalue weighted by Gasteiger charge is -2.46. The van der Waals surface area contributed by atoms with Crippen LogP contribution < -0.4 is 27.5 Å². The zero-order valence-corrected chi connectivity index (χ0v) is 30.2. The maximum Gasteiger partial charge on any atom is 0.321 e. The number of anilines is 2. The maximum atomic E-state index is 12.3. The highest BCUT2D eigenvalue weighted by Gasteiger charge is 2.43. The number of urea groups is 1. The summed E-state index contributed by atoms with van der Waals surface area (Å²) in [5, 5.41) is 14.1. The first-order valence-corrected chi connectivity index (χ1v) is 16.3. The van der Waals surface area contributed by atoms with Crippen molar-refractivity contribution in [2.45, 2.75) is 106 Å². The van der Waals surface area contributed by atoms with Crippen LogP contribution in [0.4, 0.5) is 16.7 Å². The average Bonchev–Trinajstić information content (AvgIpc) is 2.92. The van der Waals surface area contributed by atoms with Crippen LogP contribution in [0.25, 0.3) is 0 Å². The molecule has 2 amide bonds.